The van der Waals surface area contributed by atoms with Gasteiger partial charge in [-0.1, -0.05) is 6.92 Å². The fraction of sp³-hybridized carbons (Fsp3) is 0.706. The largest absolute Gasteiger partial charge is 0.444 e. The Balaban J connectivity index is 1.59. The number of carbonyl (C=O) groups is 1. The second kappa shape index (κ2) is 5.98. The van der Waals surface area contributed by atoms with Crippen molar-refractivity contribution in [3.8, 4) is 0 Å². The van der Waals surface area contributed by atoms with Crippen molar-refractivity contribution in [1.82, 2.24) is 10.3 Å². The topological polar surface area (TPSA) is 66.3 Å². The number of piperidine rings is 1. The minimum Gasteiger partial charge on any atom is -0.444 e. The monoisotopic (exact) mass is 318 g/mol. The van der Waals surface area contributed by atoms with E-state index in [-0.39, 0.29) is 6.09 Å². The van der Waals surface area contributed by atoms with E-state index in [0.717, 1.165) is 31.6 Å². The van der Waals surface area contributed by atoms with Gasteiger partial charge in [-0.15, -0.1) is 0 Å². The van der Waals surface area contributed by atoms with E-state index >= 15 is 0 Å². The number of likely N-dealkylation sites (tertiary alicyclic amines) is 1. The lowest BCUT2D eigenvalue weighted by molar-refractivity contribution is 0.0201. The van der Waals surface area contributed by atoms with Gasteiger partial charge in [-0.05, 0) is 33.6 Å². The van der Waals surface area contributed by atoms with E-state index in [1.807, 2.05) is 38.1 Å². The van der Waals surface area contributed by atoms with Crippen LogP contribution in [0, 0.1) is 17.8 Å². The molecule has 0 spiro atoms. The molecule has 0 aromatic heterocycles. The molecule has 3 rings (SSSR count). The zero-order valence-corrected chi connectivity index (χ0v) is 14.4. The van der Waals surface area contributed by atoms with Crippen LogP contribution >= 0.6 is 0 Å². The van der Waals surface area contributed by atoms with Crippen molar-refractivity contribution in [2.45, 2.75) is 46.1 Å². The Hall–Kier alpha value is -1.85. The molecule has 3 aliphatic rings. The van der Waals surface area contributed by atoms with Crippen molar-refractivity contribution in [3.63, 3.8) is 0 Å². The minimum atomic E-state index is -0.441. The Labute approximate surface area is 137 Å². The first-order valence-electron chi connectivity index (χ1n) is 8.40. The van der Waals surface area contributed by atoms with Gasteiger partial charge >= 0.3 is 6.09 Å². The number of hydrogen-bond donors (Lipinski definition) is 1. The maximum Gasteiger partial charge on any atom is 0.410 e. The number of nitrogens with one attached hydrogen (secondary N) is 1. The summed E-state index contributed by atoms with van der Waals surface area (Å²) in [5, 5.41) is 4.57. The molecule has 2 unspecified atom stereocenters. The van der Waals surface area contributed by atoms with Gasteiger partial charge in [0.25, 0.3) is 0 Å². The summed E-state index contributed by atoms with van der Waals surface area (Å²) in [6, 6.07) is 0. The summed E-state index contributed by atoms with van der Waals surface area (Å²) in [5.74, 6) is 1.12. The fourth-order valence-corrected chi connectivity index (χ4v) is 3.46. The highest BCUT2D eigenvalue weighted by atomic mass is 16.6. The first kappa shape index (κ1) is 16.0. The van der Waals surface area contributed by atoms with Gasteiger partial charge in [0.2, 0.25) is 0 Å². The van der Waals surface area contributed by atoms with Crippen LogP contribution in [0.2, 0.25) is 0 Å². The van der Waals surface area contributed by atoms with Gasteiger partial charge in [-0.3, -0.25) is 10.4 Å². The Morgan fingerprint density at radius 1 is 1.35 bits per heavy atom. The zero-order chi connectivity index (χ0) is 16.6. The second-order valence-corrected chi connectivity index (χ2v) is 7.61. The van der Waals surface area contributed by atoms with Gasteiger partial charge in [0, 0.05) is 37.3 Å². The molecule has 0 aromatic rings. The van der Waals surface area contributed by atoms with Gasteiger partial charge < -0.3 is 9.64 Å². The SMILES string of the molecule is CC1C=NC=C2NN=C(C3CCN(C(=O)OC(C)(C)C)CC3)C21. The van der Waals surface area contributed by atoms with E-state index in [1.165, 1.54) is 5.71 Å². The highest BCUT2D eigenvalue weighted by Gasteiger charge is 2.38. The predicted molar refractivity (Wildman–Crippen MR) is 90.3 cm³/mol. The fourth-order valence-electron chi connectivity index (χ4n) is 3.46. The van der Waals surface area contributed by atoms with Crippen LogP contribution in [-0.4, -0.2) is 41.6 Å². The van der Waals surface area contributed by atoms with E-state index in [9.17, 15) is 4.79 Å². The number of amides is 1. The molecule has 23 heavy (non-hydrogen) atoms. The number of aliphatic imine (C=N–C) groups is 1. The summed E-state index contributed by atoms with van der Waals surface area (Å²) in [5.41, 5.74) is 5.01. The summed E-state index contributed by atoms with van der Waals surface area (Å²) >= 11 is 0. The summed E-state index contributed by atoms with van der Waals surface area (Å²) in [7, 11) is 0. The average molecular weight is 318 g/mol. The molecule has 3 heterocycles. The Kier molecular flexibility index (Phi) is 4.17. The highest BCUT2D eigenvalue weighted by molar-refractivity contribution is 5.96. The van der Waals surface area contributed by atoms with Crippen LogP contribution < -0.4 is 5.43 Å². The maximum atomic E-state index is 12.2. The number of nitrogens with zero attached hydrogens (tertiary/aromatic N) is 3. The van der Waals surface area contributed by atoms with Crippen LogP contribution in [0.3, 0.4) is 0 Å². The number of hydrogen-bond acceptors (Lipinski definition) is 5. The first-order chi connectivity index (χ1) is 10.8. The van der Waals surface area contributed by atoms with E-state index < -0.39 is 5.60 Å². The van der Waals surface area contributed by atoms with Crippen molar-refractivity contribution >= 4 is 18.0 Å². The van der Waals surface area contributed by atoms with Crippen molar-refractivity contribution < 1.29 is 9.53 Å². The molecule has 1 amide bonds. The summed E-state index contributed by atoms with van der Waals surface area (Å²) in [6.07, 6.45) is 5.53. The number of carbonyl (C=O) groups excluding carboxylic acids is 1. The number of rotatable bonds is 1. The van der Waals surface area contributed by atoms with E-state index in [0.29, 0.717) is 17.8 Å². The lowest BCUT2D eigenvalue weighted by Crippen LogP contribution is -2.44. The minimum absolute atomic E-state index is 0.207. The summed E-state index contributed by atoms with van der Waals surface area (Å²) < 4.78 is 5.46. The van der Waals surface area contributed by atoms with Crippen molar-refractivity contribution in [2.24, 2.45) is 27.8 Å². The molecule has 1 N–H and O–H groups in total. The number of hydrazone groups is 1. The number of allylic oxidation sites excluding steroid dienone is 1. The standard InChI is InChI=1S/C17H26N4O2/c1-11-9-18-10-13-14(11)15(20-19-13)12-5-7-21(8-6-12)16(22)23-17(2,3)4/h9-12,14,19H,5-8H2,1-4H3. The molecule has 0 saturated carbocycles. The van der Waals surface area contributed by atoms with Crippen molar-refractivity contribution in [1.29, 1.82) is 0 Å². The van der Waals surface area contributed by atoms with Crippen molar-refractivity contribution in [2.75, 3.05) is 13.1 Å². The molecule has 126 valence electrons. The van der Waals surface area contributed by atoms with Crippen LogP contribution in [0.1, 0.15) is 40.5 Å². The highest BCUT2D eigenvalue weighted by Crippen LogP contribution is 2.34. The second-order valence-electron chi connectivity index (χ2n) is 7.61. The first-order valence-corrected chi connectivity index (χ1v) is 8.40. The van der Waals surface area contributed by atoms with Crippen LogP contribution in [0.25, 0.3) is 0 Å². The van der Waals surface area contributed by atoms with Crippen LogP contribution in [-0.2, 0) is 4.74 Å². The molecule has 6 heteroatoms. The number of ether oxygens (including phenoxy) is 1. The Bertz CT molecular complexity index is 566. The third-order valence-electron chi connectivity index (χ3n) is 4.59. The molecular weight excluding hydrogens is 292 g/mol. The van der Waals surface area contributed by atoms with Gasteiger partial charge in [-0.2, -0.15) is 5.10 Å². The lowest BCUT2D eigenvalue weighted by Gasteiger charge is -2.35. The zero-order valence-electron chi connectivity index (χ0n) is 14.4. The summed E-state index contributed by atoms with van der Waals surface area (Å²) in [4.78, 5) is 18.2. The van der Waals surface area contributed by atoms with Crippen LogP contribution in [0.5, 0.6) is 0 Å². The van der Waals surface area contributed by atoms with Crippen LogP contribution in [0.15, 0.2) is 22.0 Å². The molecular formula is C17H26N4O2. The molecule has 0 radical (unpaired) electrons. The molecule has 0 aromatic carbocycles. The normalized spacial score (nSPS) is 27.9. The third-order valence-corrected chi connectivity index (χ3v) is 4.59. The Morgan fingerprint density at radius 2 is 2.04 bits per heavy atom. The molecule has 6 nitrogen and oxygen atoms in total. The predicted octanol–water partition coefficient (Wildman–Crippen LogP) is 2.77. The van der Waals surface area contributed by atoms with Crippen molar-refractivity contribution in [3.05, 3.63) is 11.9 Å². The molecule has 1 fully saturated rings. The van der Waals surface area contributed by atoms with E-state index in [1.54, 1.807) is 0 Å². The van der Waals surface area contributed by atoms with Gasteiger partial charge in [0.15, 0.2) is 0 Å². The van der Waals surface area contributed by atoms with E-state index in [2.05, 4.69) is 22.4 Å². The Morgan fingerprint density at radius 3 is 2.70 bits per heavy atom. The number of fused-ring (bicyclic) bond motifs is 1. The smallest absolute Gasteiger partial charge is 0.410 e. The van der Waals surface area contributed by atoms with Gasteiger partial charge in [0.05, 0.1) is 17.3 Å². The third kappa shape index (κ3) is 3.41. The molecule has 0 aliphatic carbocycles. The lowest BCUT2D eigenvalue weighted by atomic mass is 9.78. The van der Waals surface area contributed by atoms with Gasteiger partial charge in [-0.25, -0.2) is 4.79 Å². The van der Waals surface area contributed by atoms with Gasteiger partial charge in [0.1, 0.15) is 5.60 Å². The molecule has 2 atom stereocenters. The average Bonchev–Trinajstić information content (AvgIpc) is 2.91. The molecule has 0 bridgehead atoms. The van der Waals surface area contributed by atoms with E-state index in [4.69, 9.17) is 4.74 Å². The quantitative estimate of drug-likeness (QED) is 0.808. The maximum absolute atomic E-state index is 12.2. The van der Waals surface area contributed by atoms with Crippen LogP contribution in [0.4, 0.5) is 4.79 Å². The molecule has 3 aliphatic heterocycles. The summed E-state index contributed by atoms with van der Waals surface area (Å²) in [6.45, 7) is 9.34. The molecule has 1 saturated heterocycles.